The van der Waals surface area contributed by atoms with Crippen LogP contribution in [0.5, 0.6) is 0 Å². The van der Waals surface area contributed by atoms with Crippen LogP contribution in [-0.2, 0) is 9.84 Å². The predicted molar refractivity (Wildman–Crippen MR) is 89.1 cm³/mol. The van der Waals surface area contributed by atoms with Gasteiger partial charge in [-0.2, -0.15) is 0 Å². The SMILES string of the molecule is CCS(=O)(=O)c1nc(Cl)cc(-n2c(C)nc3ccc(Cl)cc32)n1. The lowest BCUT2D eigenvalue weighted by atomic mass is 10.3. The van der Waals surface area contributed by atoms with E-state index in [0.717, 1.165) is 5.52 Å². The number of rotatable bonds is 3. The number of sulfone groups is 1. The third kappa shape index (κ3) is 2.91. The maximum absolute atomic E-state index is 12.0. The Labute approximate surface area is 143 Å². The predicted octanol–water partition coefficient (Wildman–Crippen LogP) is 3.22. The molecule has 2 heterocycles. The van der Waals surface area contributed by atoms with Gasteiger partial charge in [0, 0.05) is 11.1 Å². The number of benzene rings is 1. The first-order valence-electron chi connectivity index (χ1n) is 6.74. The monoisotopic (exact) mass is 370 g/mol. The topological polar surface area (TPSA) is 77.7 Å². The highest BCUT2D eigenvalue weighted by atomic mass is 35.5. The minimum Gasteiger partial charge on any atom is -0.280 e. The second-order valence-electron chi connectivity index (χ2n) is 4.86. The van der Waals surface area contributed by atoms with Gasteiger partial charge in [-0.05, 0) is 25.1 Å². The van der Waals surface area contributed by atoms with Crippen LogP contribution in [0, 0.1) is 6.92 Å². The Morgan fingerprint density at radius 1 is 1.13 bits per heavy atom. The Morgan fingerprint density at radius 2 is 1.87 bits per heavy atom. The second-order valence-corrected chi connectivity index (χ2v) is 7.86. The van der Waals surface area contributed by atoms with E-state index in [1.165, 1.54) is 13.0 Å². The van der Waals surface area contributed by atoms with Gasteiger partial charge < -0.3 is 0 Å². The highest BCUT2D eigenvalue weighted by Crippen LogP contribution is 2.25. The normalized spacial score (nSPS) is 12.0. The Bertz CT molecular complexity index is 1020. The van der Waals surface area contributed by atoms with Crippen molar-refractivity contribution >= 4 is 44.1 Å². The van der Waals surface area contributed by atoms with Gasteiger partial charge in [0.15, 0.2) is 0 Å². The number of aryl methyl sites for hydroxylation is 1. The van der Waals surface area contributed by atoms with E-state index in [9.17, 15) is 8.42 Å². The zero-order chi connectivity index (χ0) is 16.8. The van der Waals surface area contributed by atoms with Crippen LogP contribution in [0.25, 0.3) is 16.9 Å². The first-order valence-corrected chi connectivity index (χ1v) is 9.15. The van der Waals surface area contributed by atoms with Crippen molar-refractivity contribution in [3.05, 3.63) is 40.3 Å². The van der Waals surface area contributed by atoms with Crippen LogP contribution in [0.1, 0.15) is 12.7 Å². The van der Waals surface area contributed by atoms with Gasteiger partial charge in [-0.3, -0.25) is 4.57 Å². The number of imidazole rings is 1. The first-order chi connectivity index (χ1) is 10.8. The van der Waals surface area contributed by atoms with E-state index in [2.05, 4.69) is 15.0 Å². The summed E-state index contributed by atoms with van der Waals surface area (Å²) >= 11 is 12.0. The maximum Gasteiger partial charge on any atom is 0.250 e. The molecule has 2 aromatic heterocycles. The van der Waals surface area contributed by atoms with E-state index in [1.807, 2.05) is 0 Å². The third-order valence-electron chi connectivity index (χ3n) is 3.33. The molecule has 0 saturated heterocycles. The van der Waals surface area contributed by atoms with E-state index in [1.54, 1.807) is 29.7 Å². The quantitative estimate of drug-likeness (QED) is 0.522. The van der Waals surface area contributed by atoms with Crippen LogP contribution in [0.4, 0.5) is 0 Å². The highest BCUT2D eigenvalue weighted by Gasteiger charge is 2.19. The van der Waals surface area contributed by atoms with Crippen LogP contribution in [-0.4, -0.2) is 33.7 Å². The molecule has 0 saturated carbocycles. The molecule has 9 heteroatoms. The van der Waals surface area contributed by atoms with Crippen LogP contribution >= 0.6 is 23.2 Å². The summed E-state index contributed by atoms with van der Waals surface area (Å²) in [6.07, 6.45) is 0. The fourth-order valence-corrected chi connectivity index (χ4v) is 3.35. The molecule has 3 rings (SSSR count). The number of hydrogen-bond donors (Lipinski definition) is 0. The van der Waals surface area contributed by atoms with Crippen molar-refractivity contribution in [2.24, 2.45) is 0 Å². The maximum atomic E-state index is 12.0. The summed E-state index contributed by atoms with van der Waals surface area (Å²) in [5.74, 6) is 0.860. The van der Waals surface area contributed by atoms with E-state index in [-0.39, 0.29) is 16.1 Å². The minimum absolute atomic E-state index is 0.0466. The molecule has 0 aliphatic carbocycles. The van der Waals surface area contributed by atoms with E-state index in [0.29, 0.717) is 22.2 Å². The Hall–Kier alpha value is -1.70. The minimum atomic E-state index is -3.58. The smallest absolute Gasteiger partial charge is 0.250 e. The summed E-state index contributed by atoms with van der Waals surface area (Å²) in [6.45, 7) is 3.31. The lowest BCUT2D eigenvalue weighted by Gasteiger charge is -2.08. The number of hydrogen-bond acceptors (Lipinski definition) is 5. The van der Waals surface area contributed by atoms with Gasteiger partial charge in [-0.25, -0.2) is 23.4 Å². The van der Waals surface area contributed by atoms with Crippen molar-refractivity contribution in [3.63, 3.8) is 0 Å². The number of nitrogens with zero attached hydrogens (tertiary/aromatic N) is 4. The molecule has 0 amide bonds. The molecule has 3 aromatic rings. The van der Waals surface area contributed by atoms with Crippen molar-refractivity contribution in [1.29, 1.82) is 0 Å². The van der Waals surface area contributed by atoms with Crippen LogP contribution in [0.15, 0.2) is 29.4 Å². The molecule has 0 aliphatic rings. The van der Waals surface area contributed by atoms with Gasteiger partial charge in [-0.15, -0.1) is 0 Å². The second kappa shape index (κ2) is 5.74. The molecule has 0 aliphatic heterocycles. The molecule has 0 fully saturated rings. The molecule has 0 atom stereocenters. The molecular formula is C14H12Cl2N4O2S. The van der Waals surface area contributed by atoms with Gasteiger partial charge in [0.05, 0.1) is 16.8 Å². The third-order valence-corrected chi connectivity index (χ3v) is 5.26. The van der Waals surface area contributed by atoms with Crippen molar-refractivity contribution in [2.75, 3.05) is 5.75 Å². The average Bonchev–Trinajstić information content (AvgIpc) is 2.81. The summed E-state index contributed by atoms with van der Waals surface area (Å²) in [7, 11) is -3.58. The van der Waals surface area contributed by atoms with E-state index in [4.69, 9.17) is 23.2 Å². The molecule has 23 heavy (non-hydrogen) atoms. The van der Waals surface area contributed by atoms with Crippen LogP contribution < -0.4 is 0 Å². The number of fused-ring (bicyclic) bond motifs is 1. The molecule has 120 valence electrons. The first kappa shape index (κ1) is 16.2. The van der Waals surface area contributed by atoms with Crippen LogP contribution in [0.3, 0.4) is 0 Å². The molecule has 0 spiro atoms. The van der Waals surface area contributed by atoms with Crippen LogP contribution in [0.2, 0.25) is 10.2 Å². The van der Waals surface area contributed by atoms with E-state index < -0.39 is 9.84 Å². The molecule has 0 N–H and O–H groups in total. The summed E-state index contributed by atoms with van der Waals surface area (Å²) in [5.41, 5.74) is 1.44. The largest absolute Gasteiger partial charge is 0.280 e. The van der Waals surface area contributed by atoms with Gasteiger partial charge in [-0.1, -0.05) is 30.1 Å². The summed E-state index contributed by atoms with van der Waals surface area (Å²) in [6, 6.07) is 6.75. The van der Waals surface area contributed by atoms with E-state index >= 15 is 0 Å². The molecule has 0 unspecified atom stereocenters. The van der Waals surface area contributed by atoms with Crippen molar-refractivity contribution in [1.82, 2.24) is 19.5 Å². The fraction of sp³-hybridized carbons (Fsp3) is 0.214. The average molecular weight is 371 g/mol. The highest BCUT2D eigenvalue weighted by molar-refractivity contribution is 7.91. The Kier molecular flexibility index (Phi) is 4.03. The zero-order valence-corrected chi connectivity index (χ0v) is 14.6. The van der Waals surface area contributed by atoms with Gasteiger partial charge in [0.1, 0.15) is 16.8 Å². The van der Waals surface area contributed by atoms with Gasteiger partial charge in [0.2, 0.25) is 15.0 Å². The molecule has 6 nitrogen and oxygen atoms in total. The summed E-state index contributed by atoms with van der Waals surface area (Å²) in [4.78, 5) is 12.4. The van der Waals surface area contributed by atoms with Crippen molar-refractivity contribution in [2.45, 2.75) is 19.0 Å². The van der Waals surface area contributed by atoms with Gasteiger partial charge in [0.25, 0.3) is 0 Å². The zero-order valence-electron chi connectivity index (χ0n) is 12.3. The number of halogens is 2. The lowest BCUT2D eigenvalue weighted by Crippen LogP contribution is -2.12. The number of aromatic nitrogens is 4. The fourth-order valence-electron chi connectivity index (χ4n) is 2.23. The molecular weight excluding hydrogens is 359 g/mol. The Morgan fingerprint density at radius 3 is 2.57 bits per heavy atom. The molecule has 0 radical (unpaired) electrons. The molecule has 0 bridgehead atoms. The molecule has 1 aromatic carbocycles. The standard InChI is InChI=1S/C14H12Cl2N4O2S/c1-3-23(21,22)14-18-12(16)7-13(19-14)20-8(2)17-10-5-4-9(15)6-11(10)20/h4-7H,3H2,1-2H3. The van der Waals surface area contributed by atoms with Crippen molar-refractivity contribution in [3.8, 4) is 5.82 Å². The lowest BCUT2D eigenvalue weighted by molar-refractivity contribution is 0.587. The van der Waals surface area contributed by atoms with Gasteiger partial charge >= 0.3 is 0 Å². The summed E-state index contributed by atoms with van der Waals surface area (Å²) in [5, 5.41) is 0.288. The van der Waals surface area contributed by atoms with Crippen molar-refractivity contribution < 1.29 is 8.42 Å². The summed E-state index contributed by atoms with van der Waals surface area (Å²) < 4.78 is 25.8. The Balaban J connectivity index is 2.31.